The molecule has 0 aromatic heterocycles. The Morgan fingerprint density at radius 3 is 2.64 bits per heavy atom. The molecule has 4 atom stereocenters. The SMILES string of the molecule is CO[C@@H]1CCCCC[C@@H]1NC(=O)N(C)[C@@H]1CCN(C)C[C@@H]1C. The fourth-order valence-electron chi connectivity index (χ4n) is 4.05. The van der Waals surface area contributed by atoms with E-state index in [0.717, 1.165) is 32.4 Å². The summed E-state index contributed by atoms with van der Waals surface area (Å²) in [6.07, 6.45) is 6.92. The Labute approximate surface area is 135 Å². The van der Waals surface area contributed by atoms with Gasteiger partial charge in [-0.25, -0.2) is 4.79 Å². The molecule has 0 aromatic carbocycles. The fourth-order valence-corrected chi connectivity index (χ4v) is 4.05. The highest BCUT2D eigenvalue weighted by molar-refractivity contribution is 5.74. The maximum absolute atomic E-state index is 12.7. The van der Waals surface area contributed by atoms with Crippen molar-refractivity contribution in [3.63, 3.8) is 0 Å². The van der Waals surface area contributed by atoms with Gasteiger partial charge in [0.15, 0.2) is 0 Å². The Morgan fingerprint density at radius 2 is 1.95 bits per heavy atom. The van der Waals surface area contributed by atoms with E-state index in [1.54, 1.807) is 7.11 Å². The maximum atomic E-state index is 12.7. The number of rotatable bonds is 3. The normalized spacial score (nSPS) is 34.0. The number of carbonyl (C=O) groups excluding carboxylic acids is 1. The summed E-state index contributed by atoms with van der Waals surface area (Å²) in [5.74, 6) is 0.516. The molecule has 1 saturated carbocycles. The highest BCUT2D eigenvalue weighted by atomic mass is 16.5. The van der Waals surface area contributed by atoms with Crippen molar-refractivity contribution in [1.29, 1.82) is 0 Å². The van der Waals surface area contributed by atoms with Gasteiger partial charge in [-0.2, -0.15) is 0 Å². The summed E-state index contributed by atoms with van der Waals surface area (Å²) in [4.78, 5) is 16.9. The van der Waals surface area contributed by atoms with E-state index >= 15 is 0 Å². The van der Waals surface area contributed by atoms with Crippen molar-refractivity contribution < 1.29 is 9.53 Å². The van der Waals surface area contributed by atoms with E-state index in [2.05, 4.69) is 24.2 Å². The van der Waals surface area contributed by atoms with Crippen LogP contribution in [0.3, 0.4) is 0 Å². The van der Waals surface area contributed by atoms with Gasteiger partial charge in [0.1, 0.15) is 0 Å². The van der Waals surface area contributed by atoms with Crippen LogP contribution in [0.1, 0.15) is 45.4 Å². The first-order chi connectivity index (χ1) is 10.5. The average Bonchev–Trinajstić information content (AvgIpc) is 2.71. The second-order valence-electron chi connectivity index (χ2n) is 7.17. The maximum Gasteiger partial charge on any atom is 0.317 e. The molecule has 0 aromatic rings. The van der Waals surface area contributed by atoms with Gasteiger partial charge in [0.05, 0.1) is 12.1 Å². The quantitative estimate of drug-likeness (QED) is 0.814. The van der Waals surface area contributed by atoms with Crippen LogP contribution >= 0.6 is 0 Å². The number of nitrogens with one attached hydrogen (secondary N) is 1. The first-order valence-corrected chi connectivity index (χ1v) is 8.77. The lowest BCUT2D eigenvalue weighted by Crippen LogP contribution is -2.55. The minimum atomic E-state index is 0.0651. The predicted molar refractivity (Wildman–Crippen MR) is 89.0 cm³/mol. The van der Waals surface area contributed by atoms with E-state index in [0.29, 0.717) is 12.0 Å². The van der Waals surface area contributed by atoms with Crippen LogP contribution in [0.15, 0.2) is 0 Å². The van der Waals surface area contributed by atoms with Gasteiger partial charge < -0.3 is 19.9 Å². The number of likely N-dealkylation sites (tertiary alicyclic amines) is 1. The minimum Gasteiger partial charge on any atom is -0.379 e. The summed E-state index contributed by atoms with van der Waals surface area (Å²) < 4.78 is 5.61. The Bertz CT molecular complexity index is 364. The van der Waals surface area contributed by atoms with Crippen LogP contribution in [-0.2, 0) is 4.74 Å². The highest BCUT2D eigenvalue weighted by Crippen LogP contribution is 2.23. The van der Waals surface area contributed by atoms with Crippen molar-refractivity contribution in [3.8, 4) is 0 Å². The summed E-state index contributed by atoms with van der Waals surface area (Å²) >= 11 is 0. The molecule has 2 amide bonds. The fraction of sp³-hybridized carbons (Fsp3) is 0.941. The third-order valence-corrected chi connectivity index (χ3v) is 5.45. The first-order valence-electron chi connectivity index (χ1n) is 8.77. The molecule has 2 aliphatic rings. The number of piperidine rings is 1. The molecule has 1 aliphatic heterocycles. The van der Waals surface area contributed by atoms with Crippen LogP contribution in [0.25, 0.3) is 0 Å². The summed E-state index contributed by atoms with van der Waals surface area (Å²) in [6.45, 7) is 4.37. The van der Waals surface area contributed by atoms with Gasteiger partial charge in [-0.3, -0.25) is 0 Å². The average molecular weight is 311 g/mol. The predicted octanol–water partition coefficient (Wildman–Crippen LogP) is 2.32. The van der Waals surface area contributed by atoms with Gasteiger partial charge in [-0.15, -0.1) is 0 Å². The Balaban J connectivity index is 1.92. The third kappa shape index (κ3) is 4.35. The van der Waals surface area contributed by atoms with Gasteiger partial charge in [0, 0.05) is 26.7 Å². The molecule has 1 N–H and O–H groups in total. The largest absolute Gasteiger partial charge is 0.379 e. The number of carbonyl (C=O) groups is 1. The molecule has 2 rings (SSSR count). The van der Waals surface area contributed by atoms with E-state index in [9.17, 15) is 4.79 Å². The second kappa shape index (κ2) is 8.16. The van der Waals surface area contributed by atoms with Gasteiger partial charge >= 0.3 is 6.03 Å². The number of hydrogen-bond donors (Lipinski definition) is 1. The zero-order valence-electron chi connectivity index (χ0n) is 14.7. The van der Waals surface area contributed by atoms with Crippen molar-refractivity contribution in [1.82, 2.24) is 15.1 Å². The molecule has 128 valence electrons. The van der Waals surface area contributed by atoms with Crippen molar-refractivity contribution >= 4 is 6.03 Å². The zero-order chi connectivity index (χ0) is 16.1. The Morgan fingerprint density at radius 1 is 1.23 bits per heavy atom. The molecule has 0 spiro atoms. The summed E-state index contributed by atoms with van der Waals surface area (Å²) in [6, 6.07) is 0.558. The molecule has 2 fully saturated rings. The smallest absolute Gasteiger partial charge is 0.317 e. The lowest BCUT2D eigenvalue weighted by molar-refractivity contribution is 0.0594. The van der Waals surface area contributed by atoms with E-state index in [4.69, 9.17) is 4.74 Å². The Kier molecular flexibility index (Phi) is 6.50. The number of urea groups is 1. The summed E-state index contributed by atoms with van der Waals surface area (Å²) in [7, 11) is 5.86. The van der Waals surface area contributed by atoms with E-state index in [-0.39, 0.29) is 18.2 Å². The number of hydrogen-bond acceptors (Lipinski definition) is 3. The summed E-state index contributed by atoms with van der Waals surface area (Å²) in [5, 5.41) is 3.24. The van der Waals surface area contributed by atoms with Gasteiger partial charge in [0.2, 0.25) is 0 Å². The zero-order valence-corrected chi connectivity index (χ0v) is 14.7. The molecule has 0 bridgehead atoms. The first kappa shape index (κ1) is 17.5. The van der Waals surface area contributed by atoms with Crippen LogP contribution in [-0.4, -0.2) is 68.3 Å². The van der Waals surface area contributed by atoms with Crippen molar-refractivity contribution in [2.24, 2.45) is 5.92 Å². The molecular weight excluding hydrogens is 278 g/mol. The standard InChI is InChI=1S/C17H33N3O2/c1-13-12-19(2)11-10-15(13)20(3)17(21)18-14-8-6-5-7-9-16(14)22-4/h13-16H,5-12H2,1-4H3,(H,18,21)/t13-,14-,15+,16+/m0/s1. The topological polar surface area (TPSA) is 44.8 Å². The summed E-state index contributed by atoms with van der Waals surface area (Å²) in [5.41, 5.74) is 0. The van der Waals surface area contributed by atoms with Gasteiger partial charge in [0.25, 0.3) is 0 Å². The second-order valence-corrected chi connectivity index (χ2v) is 7.17. The number of amides is 2. The Hall–Kier alpha value is -0.810. The number of methoxy groups -OCH3 is 1. The molecular formula is C17H33N3O2. The molecule has 5 nitrogen and oxygen atoms in total. The molecule has 0 unspecified atom stereocenters. The van der Waals surface area contributed by atoms with Crippen molar-refractivity contribution in [2.75, 3.05) is 34.3 Å². The molecule has 0 radical (unpaired) electrons. The highest BCUT2D eigenvalue weighted by Gasteiger charge is 2.32. The minimum absolute atomic E-state index is 0.0651. The molecule has 5 heteroatoms. The van der Waals surface area contributed by atoms with Crippen molar-refractivity contribution in [3.05, 3.63) is 0 Å². The van der Waals surface area contributed by atoms with Gasteiger partial charge in [-0.1, -0.05) is 26.2 Å². The lowest BCUT2D eigenvalue weighted by Gasteiger charge is -2.40. The van der Waals surface area contributed by atoms with Crippen LogP contribution in [0.5, 0.6) is 0 Å². The third-order valence-electron chi connectivity index (χ3n) is 5.45. The van der Waals surface area contributed by atoms with Crippen LogP contribution in [0.4, 0.5) is 4.79 Å². The van der Waals surface area contributed by atoms with Crippen LogP contribution in [0, 0.1) is 5.92 Å². The monoisotopic (exact) mass is 311 g/mol. The molecule has 1 saturated heterocycles. The van der Waals surface area contributed by atoms with Crippen LogP contribution < -0.4 is 5.32 Å². The van der Waals surface area contributed by atoms with Crippen LogP contribution in [0.2, 0.25) is 0 Å². The van der Waals surface area contributed by atoms with E-state index in [1.807, 2.05) is 11.9 Å². The number of ether oxygens (including phenoxy) is 1. The lowest BCUT2D eigenvalue weighted by atomic mass is 9.93. The van der Waals surface area contributed by atoms with Gasteiger partial charge in [-0.05, 0) is 38.8 Å². The molecule has 1 aliphatic carbocycles. The number of nitrogens with zero attached hydrogens (tertiary/aromatic N) is 2. The molecule has 1 heterocycles. The van der Waals surface area contributed by atoms with Crippen molar-refractivity contribution in [2.45, 2.75) is 63.6 Å². The van der Waals surface area contributed by atoms with E-state index < -0.39 is 0 Å². The molecule has 22 heavy (non-hydrogen) atoms. The van der Waals surface area contributed by atoms with E-state index in [1.165, 1.54) is 19.3 Å².